The number of ketones is 1. The first kappa shape index (κ1) is 38.0. The smallest absolute Gasteiger partial charge is 0.220 e. The fourth-order valence-corrected chi connectivity index (χ4v) is 4.45. The van der Waals surface area contributed by atoms with Gasteiger partial charge in [-0.15, -0.1) is 0 Å². The van der Waals surface area contributed by atoms with Crippen molar-refractivity contribution in [1.29, 1.82) is 0 Å². The molecule has 9 nitrogen and oxygen atoms in total. The highest BCUT2D eigenvalue weighted by molar-refractivity contribution is 5.99. The Labute approximate surface area is 253 Å². The fourth-order valence-electron chi connectivity index (χ4n) is 4.45. The van der Waals surface area contributed by atoms with Gasteiger partial charge in [0.05, 0.1) is 42.2 Å². The number of amides is 1. The summed E-state index contributed by atoms with van der Waals surface area (Å²) in [7, 11) is 0. The maximum atomic E-state index is 12.3. The molecule has 0 bridgehead atoms. The van der Waals surface area contributed by atoms with Crippen LogP contribution in [0.4, 0.5) is 5.69 Å². The second kappa shape index (κ2) is 16.7. The molecule has 0 aliphatic heterocycles. The molecule has 1 aromatic rings. The Balaban J connectivity index is 2.58. The Kier molecular flexibility index (Phi) is 15.1. The molecule has 1 rings (SSSR count). The Hall–Kier alpha value is -2.04. The molecule has 242 valence electrons. The second-order valence-corrected chi connectivity index (χ2v) is 13.8. The zero-order chi connectivity index (χ0) is 32.2. The average molecular weight is 595 g/mol. The van der Waals surface area contributed by atoms with Crippen molar-refractivity contribution in [2.24, 2.45) is 5.92 Å². The number of anilines is 1. The number of carbonyl (C=O) groups excluding carboxylic acids is 2. The van der Waals surface area contributed by atoms with Gasteiger partial charge in [0.25, 0.3) is 0 Å². The number of nitrogens with one attached hydrogen (secondary N) is 1. The summed E-state index contributed by atoms with van der Waals surface area (Å²) in [6.45, 7) is 19.0. The van der Waals surface area contributed by atoms with E-state index < -0.39 is 22.4 Å². The van der Waals surface area contributed by atoms with Crippen molar-refractivity contribution in [1.82, 2.24) is 5.32 Å². The molecule has 0 saturated carbocycles. The van der Waals surface area contributed by atoms with E-state index in [-0.39, 0.29) is 17.6 Å². The van der Waals surface area contributed by atoms with E-state index in [2.05, 4.69) is 5.32 Å². The van der Waals surface area contributed by atoms with Crippen LogP contribution in [-0.2, 0) is 25.4 Å². The molecule has 0 aliphatic carbocycles. The van der Waals surface area contributed by atoms with Crippen molar-refractivity contribution in [3.63, 3.8) is 0 Å². The van der Waals surface area contributed by atoms with Crippen LogP contribution in [0.3, 0.4) is 0 Å². The predicted octanol–water partition coefficient (Wildman–Crippen LogP) is 4.85. The first-order valence-electron chi connectivity index (χ1n) is 15.2. The summed E-state index contributed by atoms with van der Waals surface area (Å²) < 4.78 is 18.5. The molecule has 1 aromatic carbocycles. The molecule has 0 aliphatic rings. The number of benzene rings is 1. The summed E-state index contributed by atoms with van der Waals surface area (Å²) in [5.41, 5.74) is 5.10. The van der Waals surface area contributed by atoms with E-state index in [9.17, 15) is 19.8 Å². The topological polar surface area (TPSA) is 140 Å². The Morgan fingerprint density at radius 1 is 0.929 bits per heavy atom. The first-order valence-corrected chi connectivity index (χ1v) is 15.2. The quantitative estimate of drug-likeness (QED) is 0.0900. The number of nitrogen functional groups attached to an aromatic ring is 1. The lowest BCUT2D eigenvalue weighted by molar-refractivity contribution is -0.127. The van der Waals surface area contributed by atoms with Gasteiger partial charge in [0, 0.05) is 36.7 Å². The van der Waals surface area contributed by atoms with Crippen molar-refractivity contribution in [2.75, 3.05) is 38.7 Å². The number of rotatable bonds is 21. The average Bonchev–Trinajstić information content (AvgIpc) is 2.82. The highest BCUT2D eigenvalue weighted by Crippen LogP contribution is 2.32. The second-order valence-electron chi connectivity index (χ2n) is 13.8. The van der Waals surface area contributed by atoms with E-state index in [4.69, 9.17) is 19.9 Å². The molecule has 1 atom stereocenters. The Morgan fingerprint density at radius 3 is 2.10 bits per heavy atom. The van der Waals surface area contributed by atoms with E-state index in [0.29, 0.717) is 82.7 Å². The molecule has 1 amide bonds. The van der Waals surface area contributed by atoms with Crippen molar-refractivity contribution in [3.05, 3.63) is 29.3 Å². The molecular formula is C33H58N2O7. The predicted molar refractivity (Wildman–Crippen MR) is 168 cm³/mol. The van der Waals surface area contributed by atoms with Crippen LogP contribution >= 0.6 is 0 Å². The van der Waals surface area contributed by atoms with Gasteiger partial charge in [0.2, 0.25) is 5.91 Å². The number of hydrogen-bond donors (Lipinski definition) is 4. The SMILES string of the molecule is CC(=O)c1cc(CCC(=O)NCCCOCC(CC(C)(C)OCCC(C)(C)O)C(C)(C)OCCC(C)(C)O)ccc1N. The lowest BCUT2D eigenvalue weighted by Gasteiger charge is -2.39. The summed E-state index contributed by atoms with van der Waals surface area (Å²) >= 11 is 0. The molecular weight excluding hydrogens is 536 g/mol. The number of hydrogen-bond acceptors (Lipinski definition) is 8. The van der Waals surface area contributed by atoms with Crippen LogP contribution in [0.25, 0.3) is 0 Å². The molecule has 0 saturated heterocycles. The lowest BCUT2D eigenvalue weighted by atomic mass is 9.82. The molecule has 5 N–H and O–H groups in total. The third kappa shape index (κ3) is 16.6. The van der Waals surface area contributed by atoms with Gasteiger partial charge in [0.1, 0.15) is 0 Å². The molecule has 0 fully saturated rings. The van der Waals surface area contributed by atoms with Crippen molar-refractivity contribution < 1.29 is 34.0 Å². The van der Waals surface area contributed by atoms with Crippen LogP contribution < -0.4 is 11.1 Å². The van der Waals surface area contributed by atoms with Gasteiger partial charge in [-0.05, 0) is 112 Å². The number of aryl methyl sites for hydroxylation is 1. The van der Waals surface area contributed by atoms with Gasteiger partial charge in [0.15, 0.2) is 5.78 Å². The molecule has 0 aromatic heterocycles. The summed E-state index contributed by atoms with van der Waals surface area (Å²) in [5.74, 6) is -0.141. The number of ether oxygens (including phenoxy) is 3. The highest BCUT2D eigenvalue weighted by atomic mass is 16.5. The first-order chi connectivity index (χ1) is 19.2. The van der Waals surface area contributed by atoms with Crippen molar-refractivity contribution in [2.45, 2.75) is 123 Å². The van der Waals surface area contributed by atoms with Gasteiger partial charge in [-0.25, -0.2) is 0 Å². The van der Waals surface area contributed by atoms with Gasteiger partial charge in [-0.3, -0.25) is 9.59 Å². The normalized spacial score (nSPS) is 13.7. The summed E-state index contributed by atoms with van der Waals surface area (Å²) in [6.07, 6.45) is 3.26. The van der Waals surface area contributed by atoms with Crippen LogP contribution in [0, 0.1) is 5.92 Å². The third-order valence-electron chi connectivity index (χ3n) is 7.36. The van der Waals surface area contributed by atoms with Crippen LogP contribution in [-0.4, -0.2) is 77.3 Å². The molecule has 42 heavy (non-hydrogen) atoms. The minimum Gasteiger partial charge on any atom is -0.398 e. The number of aliphatic hydroxyl groups is 2. The van der Waals surface area contributed by atoms with E-state index in [1.165, 1.54) is 6.92 Å². The van der Waals surface area contributed by atoms with Crippen molar-refractivity contribution in [3.8, 4) is 0 Å². The highest BCUT2D eigenvalue weighted by Gasteiger charge is 2.36. The lowest BCUT2D eigenvalue weighted by Crippen LogP contribution is -2.43. The molecule has 0 spiro atoms. The van der Waals surface area contributed by atoms with Crippen LogP contribution in [0.5, 0.6) is 0 Å². The zero-order valence-electron chi connectivity index (χ0n) is 27.6. The molecule has 1 unspecified atom stereocenters. The summed E-state index contributed by atoms with van der Waals surface area (Å²) in [6, 6.07) is 5.30. The van der Waals surface area contributed by atoms with Crippen molar-refractivity contribution >= 4 is 17.4 Å². The van der Waals surface area contributed by atoms with Crippen LogP contribution in [0.2, 0.25) is 0 Å². The monoisotopic (exact) mass is 594 g/mol. The van der Waals surface area contributed by atoms with E-state index in [0.717, 1.165) is 5.56 Å². The Morgan fingerprint density at radius 2 is 1.52 bits per heavy atom. The minimum atomic E-state index is -0.807. The van der Waals surface area contributed by atoms with Gasteiger partial charge < -0.3 is 35.5 Å². The largest absolute Gasteiger partial charge is 0.398 e. The molecule has 9 heteroatoms. The maximum absolute atomic E-state index is 12.3. The van der Waals surface area contributed by atoms with Gasteiger partial charge >= 0.3 is 0 Å². The van der Waals surface area contributed by atoms with Gasteiger partial charge in [-0.2, -0.15) is 0 Å². The maximum Gasteiger partial charge on any atom is 0.220 e. The van der Waals surface area contributed by atoms with Crippen LogP contribution in [0.15, 0.2) is 18.2 Å². The summed E-state index contributed by atoms with van der Waals surface area (Å²) in [5, 5.41) is 23.1. The third-order valence-corrected chi connectivity index (χ3v) is 7.36. The molecule has 0 heterocycles. The number of nitrogens with two attached hydrogens (primary N) is 1. The van der Waals surface area contributed by atoms with E-state index >= 15 is 0 Å². The fraction of sp³-hybridized carbons (Fsp3) is 0.758. The zero-order valence-corrected chi connectivity index (χ0v) is 27.6. The number of carbonyl (C=O) groups is 2. The summed E-state index contributed by atoms with van der Waals surface area (Å²) in [4.78, 5) is 24.0. The molecule has 0 radical (unpaired) electrons. The van der Waals surface area contributed by atoms with Gasteiger partial charge in [-0.1, -0.05) is 6.07 Å². The van der Waals surface area contributed by atoms with Crippen LogP contribution in [0.1, 0.15) is 110 Å². The van der Waals surface area contributed by atoms with E-state index in [1.54, 1.807) is 39.8 Å². The Bertz CT molecular complexity index is 978. The number of Topliss-reactive ketones (excluding diaryl/α,β-unsaturated/α-hetero) is 1. The minimum absolute atomic E-state index is 0.00540. The standard InChI is InChI=1S/C33H58N2O7/c1-24(36)27-21-25(11-13-28(27)34)12-14-29(37)35-17-10-18-40-23-26(33(8,9)42-20-16-31(4,5)39)22-32(6,7)41-19-15-30(2,3)38/h11,13,21,26,38-39H,10,12,14-20,22-23,34H2,1-9H3,(H,35,37). The van der Waals surface area contributed by atoms with E-state index in [1.807, 2.05) is 33.8 Å².